The van der Waals surface area contributed by atoms with E-state index >= 15 is 0 Å². The van der Waals surface area contributed by atoms with E-state index in [4.69, 9.17) is 4.74 Å². The Bertz CT molecular complexity index is 580. The minimum Gasteiger partial charge on any atom is -0.379 e. The Hall–Kier alpha value is -1.40. The Morgan fingerprint density at radius 3 is 2.62 bits per heavy atom. The quantitative estimate of drug-likeness (QED) is 0.840. The topological polar surface area (TPSA) is 50.6 Å². The van der Waals surface area contributed by atoms with E-state index in [0.717, 1.165) is 57.2 Å². The van der Waals surface area contributed by atoms with Crippen LogP contribution in [0.3, 0.4) is 0 Å². The summed E-state index contributed by atoms with van der Waals surface area (Å²) in [6.45, 7) is 13.5. The number of amides is 1. The molecule has 24 heavy (non-hydrogen) atoms. The molecular formula is C18H30N4O2. The first-order chi connectivity index (χ1) is 11.5. The van der Waals surface area contributed by atoms with E-state index in [1.165, 1.54) is 0 Å². The van der Waals surface area contributed by atoms with Gasteiger partial charge in [-0.15, -0.1) is 0 Å². The van der Waals surface area contributed by atoms with Crippen LogP contribution >= 0.6 is 0 Å². The van der Waals surface area contributed by atoms with Gasteiger partial charge in [-0.2, -0.15) is 5.10 Å². The number of likely N-dealkylation sites (tertiary alicyclic amines) is 1. The molecule has 3 heterocycles. The number of carbonyl (C=O) groups is 1. The average Bonchev–Trinajstić information content (AvgIpc) is 3.17. The summed E-state index contributed by atoms with van der Waals surface area (Å²) in [5, 5.41) is 4.49. The number of ether oxygens (including phenoxy) is 1. The van der Waals surface area contributed by atoms with Crippen molar-refractivity contribution in [3.63, 3.8) is 0 Å². The predicted octanol–water partition coefficient (Wildman–Crippen LogP) is 1.63. The molecule has 2 aliphatic heterocycles. The maximum atomic E-state index is 13.0. The van der Waals surface area contributed by atoms with Gasteiger partial charge in [0.15, 0.2) is 0 Å². The zero-order valence-electron chi connectivity index (χ0n) is 15.4. The molecule has 3 rings (SSSR count). The molecule has 1 aromatic rings. The maximum absolute atomic E-state index is 13.0. The second-order valence-corrected chi connectivity index (χ2v) is 7.17. The SMILES string of the molecule is CC[C@@H]1CN(C(=O)[C@H](C)n2nc(C)cc2C)C[C@@H]1N1CCOCC1. The van der Waals surface area contributed by atoms with Gasteiger partial charge in [0.1, 0.15) is 6.04 Å². The van der Waals surface area contributed by atoms with Crippen LogP contribution in [-0.4, -0.2) is 70.9 Å². The number of nitrogens with zero attached hydrogens (tertiary/aromatic N) is 4. The van der Waals surface area contributed by atoms with Crippen LogP contribution in [0.5, 0.6) is 0 Å². The molecule has 0 saturated carbocycles. The van der Waals surface area contributed by atoms with Crippen molar-refractivity contribution >= 4 is 5.91 Å². The van der Waals surface area contributed by atoms with Crippen molar-refractivity contribution in [2.24, 2.45) is 5.92 Å². The summed E-state index contributed by atoms with van der Waals surface area (Å²) in [4.78, 5) is 17.6. The predicted molar refractivity (Wildman–Crippen MR) is 93.0 cm³/mol. The summed E-state index contributed by atoms with van der Waals surface area (Å²) in [5.41, 5.74) is 2.01. The van der Waals surface area contributed by atoms with Crippen molar-refractivity contribution in [1.29, 1.82) is 0 Å². The van der Waals surface area contributed by atoms with Gasteiger partial charge >= 0.3 is 0 Å². The van der Waals surface area contributed by atoms with Gasteiger partial charge < -0.3 is 9.64 Å². The summed E-state index contributed by atoms with van der Waals surface area (Å²) in [6, 6.07) is 2.26. The lowest BCUT2D eigenvalue weighted by atomic mass is 9.99. The third-order valence-corrected chi connectivity index (χ3v) is 5.53. The molecule has 6 nitrogen and oxygen atoms in total. The van der Waals surface area contributed by atoms with Gasteiger partial charge in [0, 0.05) is 37.9 Å². The van der Waals surface area contributed by atoms with Crippen LogP contribution in [0.25, 0.3) is 0 Å². The normalized spacial score (nSPS) is 26.8. The fourth-order valence-corrected chi connectivity index (χ4v) is 4.17. The van der Waals surface area contributed by atoms with Gasteiger partial charge in [0.05, 0.1) is 18.9 Å². The molecule has 3 atom stereocenters. The van der Waals surface area contributed by atoms with Gasteiger partial charge in [-0.1, -0.05) is 13.3 Å². The first-order valence-corrected chi connectivity index (χ1v) is 9.14. The minimum atomic E-state index is -0.236. The second kappa shape index (κ2) is 7.23. The number of aromatic nitrogens is 2. The molecule has 0 bridgehead atoms. The van der Waals surface area contributed by atoms with Crippen LogP contribution < -0.4 is 0 Å². The lowest BCUT2D eigenvalue weighted by Crippen LogP contribution is -2.47. The van der Waals surface area contributed by atoms with Gasteiger partial charge in [-0.25, -0.2) is 0 Å². The van der Waals surface area contributed by atoms with Crippen LogP contribution in [0.2, 0.25) is 0 Å². The molecule has 0 radical (unpaired) electrons. The van der Waals surface area contributed by atoms with Crippen molar-refractivity contribution in [3.05, 3.63) is 17.5 Å². The van der Waals surface area contributed by atoms with Crippen LogP contribution in [-0.2, 0) is 9.53 Å². The van der Waals surface area contributed by atoms with Crippen LogP contribution in [0.1, 0.15) is 37.7 Å². The van der Waals surface area contributed by atoms with Crippen molar-refractivity contribution < 1.29 is 9.53 Å². The number of hydrogen-bond acceptors (Lipinski definition) is 4. The molecule has 2 fully saturated rings. The average molecular weight is 334 g/mol. The van der Waals surface area contributed by atoms with Gasteiger partial charge in [-0.05, 0) is 32.8 Å². The monoisotopic (exact) mass is 334 g/mol. The first-order valence-electron chi connectivity index (χ1n) is 9.14. The van der Waals surface area contributed by atoms with Crippen LogP contribution in [0, 0.1) is 19.8 Å². The molecule has 2 saturated heterocycles. The lowest BCUT2D eigenvalue weighted by Gasteiger charge is -2.34. The van der Waals surface area contributed by atoms with E-state index in [1.54, 1.807) is 0 Å². The maximum Gasteiger partial charge on any atom is 0.247 e. The summed E-state index contributed by atoms with van der Waals surface area (Å²) in [6.07, 6.45) is 1.11. The van der Waals surface area contributed by atoms with Crippen LogP contribution in [0.15, 0.2) is 6.07 Å². The Balaban J connectivity index is 1.70. The molecule has 0 N–H and O–H groups in total. The van der Waals surface area contributed by atoms with Gasteiger partial charge in [0.25, 0.3) is 0 Å². The number of aryl methyl sites for hydroxylation is 2. The summed E-state index contributed by atoms with van der Waals surface area (Å²) in [5.74, 6) is 0.745. The largest absolute Gasteiger partial charge is 0.379 e. The summed E-state index contributed by atoms with van der Waals surface area (Å²) in [7, 11) is 0. The molecule has 2 aliphatic rings. The summed E-state index contributed by atoms with van der Waals surface area (Å²) >= 11 is 0. The third kappa shape index (κ3) is 3.35. The van der Waals surface area contributed by atoms with Crippen molar-refractivity contribution in [2.45, 2.75) is 46.2 Å². The number of morpholine rings is 1. The highest BCUT2D eigenvalue weighted by Gasteiger charge is 2.39. The standard InChI is InChI=1S/C18H30N4O2/c1-5-16-11-21(12-17(16)20-6-8-24-9-7-20)18(23)15(4)22-14(3)10-13(2)19-22/h10,15-17H,5-9,11-12H2,1-4H3/t15-,16+,17-/m0/s1. The number of hydrogen-bond donors (Lipinski definition) is 0. The number of rotatable bonds is 4. The van der Waals surface area contributed by atoms with Crippen molar-refractivity contribution in [1.82, 2.24) is 19.6 Å². The zero-order valence-corrected chi connectivity index (χ0v) is 15.4. The highest BCUT2D eigenvalue weighted by atomic mass is 16.5. The first kappa shape index (κ1) is 17.4. The van der Waals surface area contributed by atoms with E-state index in [0.29, 0.717) is 12.0 Å². The fraction of sp³-hybridized carbons (Fsp3) is 0.778. The Morgan fingerprint density at radius 1 is 1.33 bits per heavy atom. The minimum absolute atomic E-state index is 0.190. The van der Waals surface area contributed by atoms with Crippen molar-refractivity contribution in [2.75, 3.05) is 39.4 Å². The smallest absolute Gasteiger partial charge is 0.247 e. The Kier molecular flexibility index (Phi) is 5.25. The van der Waals surface area contributed by atoms with Gasteiger partial charge in [0.2, 0.25) is 5.91 Å². The highest BCUT2D eigenvalue weighted by Crippen LogP contribution is 2.27. The molecular weight excluding hydrogens is 304 g/mol. The fourth-order valence-electron chi connectivity index (χ4n) is 4.17. The van der Waals surface area contributed by atoms with Crippen LogP contribution in [0.4, 0.5) is 0 Å². The van der Waals surface area contributed by atoms with Gasteiger partial charge in [-0.3, -0.25) is 14.4 Å². The van der Waals surface area contributed by atoms with E-state index < -0.39 is 0 Å². The lowest BCUT2D eigenvalue weighted by molar-refractivity contribution is -0.133. The molecule has 1 amide bonds. The number of carbonyl (C=O) groups excluding carboxylic acids is 1. The zero-order chi connectivity index (χ0) is 17.3. The highest BCUT2D eigenvalue weighted by molar-refractivity contribution is 5.80. The molecule has 0 unspecified atom stereocenters. The summed E-state index contributed by atoms with van der Waals surface area (Å²) < 4.78 is 7.34. The van der Waals surface area contributed by atoms with Crippen molar-refractivity contribution in [3.8, 4) is 0 Å². The molecule has 1 aromatic heterocycles. The van der Waals surface area contributed by atoms with E-state index in [1.807, 2.05) is 31.5 Å². The Morgan fingerprint density at radius 2 is 2.04 bits per heavy atom. The molecule has 6 heteroatoms. The molecule has 134 valence electrons. The van der Waals surface area contributed by atoms with E-state index in [-0.39, 0.29) is 11.9 Å². The Labute approximate surface area is 144 Å². The molecule has 0 spiro atoms. The van der Waals surface area contributed by atoms with E-state index in [2.05, 4.69) is 21.8 Å². The third-order valence-electron chi connectivity index (χ3n) is 5.53. The molecule has 0 aromatic carbocycles. The molecule has 0 aliphatic carbocycles. The van der Waals surface area contributed by atoms with E-state index in [9.17, 15) is 4.79 Å². The second-order valence-electron chi connectivity index (χ2n) is 7.17.